The van der Waals surface area contributed by atoms with E-state index in [0.717, 1.165) is 31.7 Å². The van der Waals surface area contributed by atoms with Gasteiger partial charge in [0.05, 0.1) is 12.4 Å². The van der Waals surface area contributed by atoms with Crippen LogP contribution in [-0.4, -0.2) is 34.3 Å². The summed E-state index contributed by atoms with van der Waals surface area (Å²) in [6.45, 7) is 3.54. The molecule has 1 atom stereocenters. The second-order valence-electron chi connectivity index (χ2n) is 4.43. The minimum absolute atomic E-state index is 0.0896. The third-order valence-electron chi connectivity index (χ3n) is 3.30. The van der Waals surface area contributed by atoms with Crippen LogP contribution in [0.1, 0.15) is 19.8 Å². The summed E-state index contributed by atoms with van der Waals surface area (Å²) in [5.41, 5.74) is -0.0896. The predicted molar refractivity (Wildman–Crippen MR) is 74.2 cm³/mol. The Bertz CT molecular complexity index is 439. The number of aliphatic hydroxyl groups excluding tert-OH is 1. The van der Waals surface area contributed by atoms with E-state index >= 15 is 0 Å². The van der Waals surface area contributed by atoms with Gasteiger partial charge in [-0.05, 0) is 48.3 Å². The van der Waals surface area contributed by atoms with Crippen LogP contribution in [0, 0.1) is 9.49 Å². The van der Waals surface area contributed by atoms with Crippen molar-refractivity contribution in [3.63, 3.8) is 0 Å². The molecule has 0 spiro atoms. The number of nitrogens with zero attached hydrogens (tertiary/aromatic N) is 2. The highest BCUT2D eigenvalue weighted by atomic mass is 127. The van der Waals surface area contributed by atoms with Gasteiger partial charge in [0.2, 0.25) is 0 Å². The molecule has 6 heteroatoms. The van der Waals surface area contributed by atoms with Crippen molar-refractivity contribution in [2.75, 3.05) is 18.0 Å². The van der Waals surface area contributed by atoms with Gasteiger partial charge in [0.25, 0.3) is 5.56 Å². The van der Waals surface area contributed by atoms with Crippen molar-refractivity contribution in [2.45, 2.75) is 25.9 Å². The van der Waals surface area contributed by atoms with Crippen molar-refractivity contribution < 1.29 is 5.11 Å². The molecule has 0 radical (unpaired) electrons. The van der Waals surface area contributed by atoms with Crippen LogP contribution in [0.5, 0.6) is 0 Å². The first-order valence-corrected chi connectivity index (χ1v) is 6.83. The highest BCUT2D eigenvalue weighted by molar-refractivity contribution is 14.1. The molecule has 2 N–H and O–H groups in total. The summed E-state index contributed by atoms with van der Waals surface area (Å²) in [6, 6.07) is 0. The largest absolute Gasteiger partial charge is 0.393 e. The number of aromatic nitrogens is 2. The summed E-state index contributed by atoms with van der Waals surface area (Å²) < 4.78 is 0.639. The SMILES string of the molecule is CC(O)C1CCN(c2nc[nH]c(=O)c2I)CC1. The molecule has 1 aliphatic heterocycles. The van der Waals surface area contributed by atoms with E-state index in [9.17, 15) is 9.90 Å². The van der Waals surface area contributed by atoms with E-state index in [-0.39, 0.29) is 11.7 Å². The fourth-order valence-electron chi connectivity index (χ4n) is 2.19. The molecule has 17 heavy (non-hydrogen) atoms. The molecule has 0 bridgehead atoms. The van der Waals surface area contributed by atoms with E-state index < -0.39 is 0 Å². The third-order valence-corrected chi connectivity index (χ3v) is 4.27. The molecule has 1 aromatic rings. The molecule has 1 aromatic heterocycles. The molecule has 2 rings (SSSR count). The smallest absolute Gasteiger partial charge is 0.266 e. The molecule has 0 aliphatic carbocycles. The number of nitrogens with one attached hydrogen (secondary N) is 1. The van der Waals surface area contributed by atoms with Gasteiger partial charge in [0, 0.05) is 13.1 Å². The van der Waals surface area contributed by atoms with Gasteiger partial charge in [0.15, 0.2) is 0 Å². The third kappa shape index (κ3) is 2.79. The molecule has 5 nitrogen and oxygen atoms in total. The van der Waals surface area contributed by atoms with Gasteiger partial charge in [-0.2, -0.15) is 0 Å². The van der Waals surface area contributed by atoms with Crippen LogP contribution in [0.25, 0.3) is 0 Å². The Morgan fingerprint density at radius 3 is 2.82 bits per heavy atom. The van der Waals surface area contributed by atoms with Crippen LogP contribution < -0.4 is 10.5 Å². The zero-order chi connectivity index (χ0) is 12.4. The highest BCUT2D eigenvalue weighted by Gasteiger charge is 2.24. The number of hydrogen-bond acceptors (Lipinski definition) is 4. The van der Waals surface area contributed by atoms with E-state index in [2.05, 4.69) is 14.9 Å². The number of aromatic amines is 1. The normalized spacial score (nSPS) is 19.4. The number of piperidine rings is 1. The first kappa shape index (κ1) is 12.8. The fraction of sp³-hybridized carbons (Fsp3) is 0.636. The molecule has 94 valence electrons. The lowest BCUT2D eigenvalue weighted by Gasteiger charge is -2.34. The highest BCUT2D eigenvalue weighted by Crippen LogP contribution is 2.25. The van der Waals surface area contributed by atoms with Crippen molar-refractivity contribution in [3.8, 4) is 0 Å². The van der Waals surface area contributed by atoms with Crippen LogP contribution in [-0.2, 0) is 0 Å². The van der Waals surface area contributed by atoms with Gasteiger partial charge in [0.1, 0.15) is 9.39 Å². The van der Waals surface area contributed by atoms with Gasteiger partial charge in [-0.3, -0.25) is 4.79 Å². The summed E-state index contributed by atoms with van der Waals surface area (Å²) in [5, 5.41) is 9.54. The van der Waals surface area contributed by atoms with Crippen molar-refractivity contribution in [3.05, 3.63) is 20.3 Å². The van der Waals surface area contributed by atoms with Crippen molar-refractivity contribution in [1.82, 2.24) is 9.97 Å². The summed E-state index contributed by atoms with van der Waals surface area (Å²) >= 11 is 2.03. The minimum atomic E-state index is -0.247. The van der Waals surface area contributed by atoms with Crippen LogP contribution in [0.2, 0.25) is 0 Å². The van der Waals surface area contributed by atoms with E-state index in [1.165, 1.54) is 6.33 Å². The number of hydrogen-bond donors (Lipinski definition) is 2. The Balaban J connectivity index is 2.11. The molecule has 0 aromatic carbocycles. The maximum atomic E-state index is 11.5. The Kier molecular flexibility index (Phi) is 4.03. The molecule has 1 unspecified atom stereocenters. The number of anilines is 1. The number of rotatable bonds is 2. The molecular formula is C11H16IN3O2. The van der Waals surface area contributed by atoms with Crippen LogP contribution in [0.15, 0.2) is 11.1 Å². The standard InChI is InChI=1S/C11H16IN3O2/c1-7(16)8-2-4-15(5-3-8)10-9(12)11(17)14-6-13-10/h6-8,16H,2-5H2,1H3,(H,13,14,17). The van der Waals surface area contributed by atoms with Gasteiger partial charge in [-0.15, -0.1) is 0 Å². The van der Waals surface area contributed by atoms with Crippen molar-refractivity contribution >= 4 is 28.4 Å². The molecular weight excluding hydrogens is 333 g/mol. The van der Waals surface area contributed by atoms with Gasteiger partial charge >= 0.3 is 0 Å². The average Bonchev–Trinajstić information content (AvgIpc) is 2.33. The fourth-order valence-corrected chi connectivity index (χ4v) is 2.82. The first-order chi connectivity index (χ1) is 8.09. The van der Waals surface area contributed by atoms with Crippen molar-refractivity contribution in [2.24, 2.45) is 5.92 Å². The zero-order valence-corrected chi connectivity index (χ0v) is 11.8. The lowest BCUT2D eigenvalue weighted by Crippen LogP contribution is -2.38. The topological polar surface area (TPSA) is 69.2 Å². The van der Waals surface area contributed by atoms with Crippen LogP contribution in [0.3, 0.4) is 0 Å². The summed E-state index contributed by atoms with van der Waals surface area (Å²) in [6.07, 6.45) is 3.09. The quantitative estimate of drug-likeness (QED) is 0.781. The minimum Gasteiger partial charge on any atom is -0.393 e. The number of H-pyrrole nitrogens is 1. The van der Waals surface area contributed by atoms with E-state index in [1.54, 1.807) is 0 Å². The van der Waals surface area contributed by atoms with Crippen LogP contribution in [0.4, 0.5) is 5.82 Å². The Morgan fingerprint density at radius 2 is 2.24 bits per heavy atom. The van der Waals surface area contributed by atoms with Gasteiger partial charge in [-0.25, -0.2) is 4.98 Å². The second kappa shape index (κ2) is 5.34. The van der Waals surface area contributed by atoms with Gasteiger partial charge < -0.3 is 15.0 Å². The van der Waals surface area contributed by atoms with Crippen molar-refractivity contribution in [1.29, 1.82) is 0 Å². The second-order valence-corrected chi connectivity index (χ2v) is 5.51. The maximum Gasteiger partial charge on any atom is 0.266 e. The average molecular weight is 349 g/mol. The molecule has 0 amide bonds. The maximum absolute atomic E-state index is 11.5. The molecule has 2 heterocycles. The molecule has 1 saturated heterocycles. The lowest BCUT2D eigenvalue weighted by molar-refractivity contribution is 0.109. The zero-order valence-electron chi connectivity index (χ0n) is 9.69. The Labute approximate surface area is 113 Å². The van der Waals surface area contributed by atoms with E-state index in [4.69, 9.17) is 0 Å². The molecule has 0 saturated carbocycles. The lowest BCUT2D eigenvalue weighted by atomic mass is 9.92. The van der Waals surface area contributed by atoms with Gasteiger partial charge in [-0.1, -0.05) is 0 Å². The number of halogens is 1. The van der Waals surface area contributed by atoms with E-state index in [0.29, 0.717) is 9.49 Å². The summed E-state index contributed by atoms with van der Waals surface area (Å²) in [4.78, 5) is 20.4. The number of aliphatic hydroxyl groups is 1. The summed E-state index contributed by atoms with van der Waals surface area (Å²) in [7, 11) is 0. The monoisotopic (exact) mass is 349 g/mol. The Hall–Kier alpha value is -0.630. The van der Waals surface area contributed by atoms with E-state index in [1.807, 2.05) is 29.5 Å². The molecule has 1 fully saturated rings. The first-order valence-electron chi connectivity index (χ1n) is 5.76. The molecule has 1 aliphatic rings. The van der Waals surface area contributed by atoms with Crippen LogP contribution >= 0.6 is 22.6 Å². The Morgan fingerprint density at radius 1 is 1.59 bits per heavy atom. The predicted octanol–water partition coefficient (Wildman–Crippen LogP) is 0.972. The summed E-state index contributed by atoms with van der Waals surface area (Å²) in [5.74, 6) is 1.13.